The maximum Gasteiger partial charge on any atom is 0.454 e. The second kappa shape index (κ2) is 6.92. The molecule has 0 aliphatic rings. The van der Waals surface area contributed by atoms with Crippen LogP contribution < -0.4 is 0 Å². The van der Waals surface area contributed by atoms with Crippen molar-refractivity contribution in [1.29, 1.82) is 0 Å². The number of alkyl halides is 19. The first-order valence-electron chi connectivity index (χ1n) is 6.16. The summed E-state index contributed by atoms with van der Waals surface area (Å²) in [6, 6.07) is 0. The number of carbonyl (C=O) groups is 1. The highest BCUT2D eigenvalue weighted by atomic mass is 19.4. The molecule has 0 heterocycles. The summed E-state index contributed by atoms with van der Waals surface area (Å²) in [6.07, 6.45) is -41.1. The molecule has 1 atom stereocenters. The Morgan fingerprint density at radius 1 is 0.467 bits per heavy atom. The lowest BCUT2D eigenvalue weighted by Gasteiger charge is -2.49. The molecule has 30 heavy (non-hydrogen) atoms. The van der Waals surface area contributed by atoms with Crippen LogP contribution in [0.3, 0.4) is 0 Å². The minimum Gasteiger partial charge on any atom is -0.289 e. The van der Waals surface area contributed by atoms with Crippen LogP contribution in [-0.4, -0.2) is 48.5 Å². The summed E-state index contributed by atoms with van der Waals surface area (Å²) in [5, 5.41) is 0. The average Bonchev–Trinajstić information content (AvgIpc) is 2.36. The van der Waals surface area contributed by atoms with Gasteiger partial charge in [-0.1, -0.05) is 0 Å². The van der Waals surface area contributed by atoms with Gasteiger partial charge in [0, 0.05) is 0 Å². The Hall–Kier alpha value is -1.66. The van der Waals surface area contributed by atoms with E-state index in [4.69, 9.17) is 0 Å². The molecule has 20 heteroatoms. The predicted molar refractivity (Wildman–Crippen MR) is 51.1 cm³/mol. The number of hydrogen-bond acceptors (Lipinski definition) is 1. The topological polar surface area (TPSA) is 17.1 Å². The highest BCUT2D eigenvalue weighted by Gasteiger charge is 2.98. The Labute approximate surface area is 149 Å². The van der Waals surface area contributed by atoms with Gasteiger partial charge >= 0.3 is 42.7 Å². The summed E-state index contributed by atoms with van der Waals surface area (Å²) < 4.78 is 242. The maximum absolute atomic E-state index is 13.5. The molecule has 0 bridgehead atoms. The van der Waals surface area contributed by atoms with Gasteiger partial charge in [-0.15, -0.1) is 0 Å². The number of hydrogen-bond donors (Lipinski definition) is 0. The molecule has 180 valence electrons. The van der Waals surface area contributed by atoms with Crippen LogP contribution in [0.1, 0.15) is 0 Å². The van der Waals surface area contributed by atoms with E-state index in [9.17, 15) is 88.2 Å². The second-order valence-corrected chi connectivity index (χ2v) is 5.29. The first-order chi connectivity index (χ1) is 12.5. The normalized spacial score (nSPS) is 17.2. The molecule has 1 unspecified atom stereocenters. The molecule has 0 N–H and O–H groups in total. The second-order valence-electron chi connectivity index (χ2n) is 5.29. The Morgan fingerprint density at radius 2 is 0.733 bits per heavy atom. The molecule has 0 saturated carbocycles. The predicted octanol–water partition coefficient (Wildman–Crippen LogP) is 6.24. The van der Waals surface area contributed by atoms with Crippen LogP contribution >= 0.6 is 0 Å². The van der Waals surface area contributed by atoms with Crippen molar-refractivity contribution in [2.45, 2.75) is 42.7 Å². The highest BCUT2D eigenvalue weighted by molar-refractivity contribution is 5.88. The Kier molecular flexibility index (Phi) is 6.54. The van der Waals surface area contributed by atoms with Crippen molar-refractivity contribution in [2.24, 2.45) is 11.3 Å². The molecule has 0 amide bonds. The van der Waals surface area contributed by atoms with Gasteiger partial charge in [-0.25, -0.2) is 0 Å². The van der Waals surface area contributed by atoms with Gasteiger partial charge in [0.25, 0.3) is 0 Å². The van der Waals surface area contributed by atoms with Crippen LogP contribution in [0, 0.1) is 11.3 Å². The lowest BCUT2D eigenvalue weighted by molar-refractivity contribution is -0.485. The first-order valence-corrected chi connectivity index (χ1v) is 6.16. The highest BCUT2D eigenvalue weighted by Crippen LogP contribution is 2.71. The fourth-order valence-electron chi connectivity index (χ4n) is 2.28. The maximum atomic E-state index is 13.5. The summed E-state index contributed by atoms with van der Waals surface area (Å²) in [5.74, 6) is -30.5. The number of rotatable bonds is 4. The molecule has 0 aromatic rings. The standard InChI is InChI=1S/C10HF19O/c11-4(12,13)1(2(30)5(14,15)16)3(8(21,22)23,6(17,18)9(24,25)26)7(19,20)10(27,28)29/h1H. The quantitative estimate of drug-likeness (QED) is 0.420. The number of ketones is 1. The first kappa shape index (κ1) is 28.3. The lowest BCUT2D eigenvalue weighted by atomic mass is 9.62. The van der Waals surface area contributed by atoms with E-state index in [0.29, 0.717) is 0 Å². The van der Waals surface area contributed by atoms with Crippen molar-refractivity contribution >= 4 is 5.78 Å². The van der Waals surface area contributed by atoms with Gasteiger partial charge in [0.1, 0.15) is 5.92 Å². The molecule has 0 rings (SSSR count). The third-order valence-electron chi connectivity index (χ3n) is 3.45. The molecular weight excluding hydrogens is 497 g/mol. The number of Topliss-reactive ketones (excluding diaryl/α,β-unsaturated/α-hetero) is 1. The Bertz CT molecular complexity index is 611. The molecule has 0 fully saturated rings. The molecule has 0 spiro atoms. The van der Waals surface area contributed by atoms with Crippen LogP contribution in [-0.2, 0) is 4.79 Å². The van der Waals surface area contributed by atoms with Crippen LogP contribution in [0.4, 0.5) is 83.4 Å². The molecule has 0 aliphatic carbocycles. The van der Waals surface area contributed by atoms with Crippen LogP contribution in [0.15, 0.2) is 0 Å². The molecule has 0 radical (unpaired) electrons. The largest absolute Gasteiger partial charge is 0.454 e. The van der Waals surface area contributed by atoms with Crippen LogP contribution in [0.2, 0.25) is 0 Å². The summed E-state index contributed by atoms with van der Waals surface area (Å²) in [7, 11) is 0. The van der Waals surface area contributed by atoms with Crippen molar-refractivity contribution in [2.75, 3.05) is 0 Å². The van der Waals surface area contributed by atoms with E-state index in [1.807, 2.05) is 0 Å². The zero-order valence-corrected chi connectivity index (χ0v) is 12.7. The summed E-state index contributed by atoms with van der Waals surface area (Å²) in [4.78, 5) is 10.7. The number of carbonyl (C=O) groups excluding carboxylic acids is 1. The van der Waals surface area contributed by atoms with E-state index in [-0.39, 0.29) is 0 Å². The SMILES string of the molecule is O=C(C(C(F)(F)F)C(C(F)(F)F)(C(F)(F)C(F)(F)F)C(F)(F)C(F)(F)F)C(F)(F)F. The van der Waals surface area contributed by atoms with E-state index in [0.717, 1.165) is 0 Å². The van der Waals surface area contributed by atoms with Crippen LogP contribution in [0.5, 0.6) is 0 Å². The lowest BCUT2D eigenvalue weighted by Crippen LogP contribution is -2.77. The molecule has 0 aromatic heterocycles. The van der Waals surface area contributed by atoms with Gasteiger partial charge in [0.05, 0.1) is 0 Å². The van der Waals surface area contributed by atoms with E-state index in [1.54, 1.807) is 0 Å². The van der Waals surface area contributed by atoms with Crippen molar-refractivity contribution in [3.05, 3.63) is 0 Å². The van der Waals surface area contributed by atoms with Gasteiger partial charge in [0.2, 0.25) is 11.2 Å². The summed E-state index contributed by atoms with van der Waals surface area (Å²) in [6.45, 7) is 0. The van der Waals surface area contributed by atoms with Crippen molar-refractivity contribution in [3.8, 4) is 0 Å². The zero-order chi connectivity index (χ0) is 25.2. The average molecular weight is 498 g/mol. The van der Waals surface area contributed by atoms with E-state index >= 15 is 0 Å². The zero-order valence-electron chi connectivity index (χ0n) is 12.7. The van der Waals surface area contributed by atoms with Gasteiger partial charge in [-0.3, -0.25) is 4.79 Å². The van der Waals surface area contributed by atoms with Gasteiger partial charge in [-0.05, 0) is 0 Å². The van der Waals surface area contributed by atoms with Gasteiger partial charge < -0.3 is 0 Å². The van der Waals surface area contributed by atoms with E-state index < -0.39 is 59.8 Å². The summed E-state index contributed by atoms with van der Waals surface area (Å²) in [5.41, 5.74) is -9.03. The monoisotopic (exact) mass is 498 g/mol. The minimum absolute atomic E-state index is 5.40. The van der Waals surface area contributed by atoms with E-state index in [2.05, 4.69) is 0 Å². The smallest absolute Gasteiger partial charge is 0.289 e. The van der Waals surface area contributed by atoms with Crippen molar-refractivity contribution in [3.63, 3.8) is 0 Å². The van der Waals surface area contributed by atoms with Crippen molar-refractivity contribution < 1.29 is 88.2 Å². The van der Waals surface area contributed by atoms with Crippen LogP contribution in [0.25, 0.3) is 0 Å². The third-order valence-corrected chi connectivity index (χ3v) is 3.45. The fourth-order valence-corrected chi connectivity index (χ4v) is 2.28. The van der Waals surface area contributed by atoms with Gasteiger partial charge in [-0.2, -0.15) is 83.4 Å². The third kappa shape index (κ3) is 3.96. The fraction of sp³-hybridized carbons (Fsp3) is 0.900. The van der Waals surface area contributed by atoms with Gasteiger partial charge in [0.15, 0.2) is 0 Å². The van der Waals surface area contributed by atoms with Crippen molar-refractivity contribution in [1.82, 2.24) is 0 Å². The minimum atomic E-state index is -9.03. The number of halogens is 19. The molecule has 0 saturated heterocycles. The molecule has 1 nitrogen and oxygen atoms in total. The molecule has 0 aromatic carbocycles. The Balaban J connectivity index is 8.15. The Morgan fingerprint density at radius 3 is 0.867 bits per heavy atom. The van der Waals surface area contributed by atoms with E-state index in [1.165, 1.54) is 0 Å². The summed E-state index contributed by atoms with van der Waals surface area (Å²) >= 11 is 0. The molecular formula is C10HF19O. The molecule has 0 aliphatic heterocycles.